The van der Waals surface area contributed by atoms with Crippen molar-refractivity contribution in [3.63, 3.8) is 0 Å². The first-order chi connectivity index (χ1) is 7.15. The zero-order valence-corrected chi connectivity index (χ0v) is 8.17. The number of nitrogens with zero attached hydrogens (tertiary/aromatic N) is 2. The van der Waals surface area contributed by atoms with Crippen LogP contribution in [0.3, 0.4) is 0 Å². The fourth-order valence-electron chi connectivity index (χ4n) is 0.947. The lowest BCUT2D eigenvalue weighted by atomic mass is 10.2. The van der Waals surface area contributed by atoms with Gasteiger partial charge in [0.25, 0.3) is 0 Å². The molecule has 0 saturated carbocycles. The van der Waals surface area contributed by atoms with Gasteiger partial charge in [-0.25, -0.2) is 4.79 Å². The highest BCUT2D eigenvalue weighted by Gasteiger charge is 2.11. The van der Waals surface area contributed by atoms with E-state index in [1.165, 1.54) is 12.1 Å². The average molecular weight is 209 g/mol. The van der Waals surface area contributed by atoms with E-state index in [-0.39, 0.29) is 12.1 Å². The van der Waals surface area contributed by atoms with Gasteiger partial charge >= 0.3 is 5.97 Å². The van der Waals surface area contributed by atoms with Gasteiger partial charge in [0.05, 0.1) is 5.22 Å². The molecule has 1 rings (SSSR count). The fourth-order valence-corrected chi connectivity index (χ4v) is 0.947. The van der Waals surface area contributed by atoms with Crippen LogP contribution in [0.5, 0.6) is 0 Å². The van der Waals surface area contributed by atoms with Crippen molar-refractivity contribution in [2.24, 2.45) is 5.22 Å². The molecule has 0 bridgehead atoms. The number of aromatic carboxylic acids is 1. The van der Waals surface area contributed by atoms with Crippen molar-refractivity contribution in [1.82, 2.24) is 0 Å². The summed E-state index contributed by atoms with van der Waals surface area (Å²) in [6.45, 7) is 1.84. The predicted octanol–water partition coefficient (Wildman–Crippen LogP) is 1.69. The van der Waals surface area contributed by atoms with Crippen LogP contribution in [-0.4, -0.2) is 22.5 Å². The third-order valence-corrected chi connectivity index (χ3v) is 1.71. The summed E-state index contributed by atoms with van der Waals surface area (Å²) in [4.78, 5) is 11.2. The lowest BCUT2D eigenvalue weighted by molar-refractivity contribution is -0.524. The van der Waals surface area contributed by atoms with Crippen LogP contribution in [0.1, 0.15) is 17.3 Å². The van der Waals surface area contributed by atoms with E-state index in [1.807, 2.05) is 0 Å². The molecular weight excluding hydrogens is 198 g/mol. The SMILES string of the molecule is CC/[N+]([O-])=N\Nc1ccccc1C(=O)O. The maximum Gasteiger partial charge on any atom is 0.340 e. The highest BCUT2D eigenvalue weighted by molar-refractivity contribution is 5.94. The summed E-state index contributed by atoms with van der Waals surface area (Å²) in [6.07, 6.45) is 0. The van der Waals surface area contributed by atoms with Gasteiger partial charge in [-0.15, -0.1) is 5.43 Å². The molecule has 0 aliphatic rings. The van der Waals surface area contributed by atoms with E-state index in [9.17, 15) is 10.0 Å². The molecule has 0 heterocycles. The molecule has 0 radical (unpaired) electrons. The van der Waals surface area contributed by atoms with Gasteiger partial charge < -0.3 is 10.3 Å². The number of nitrogens with one attached hydrogen (secondary N) is 1. The van der Waals surface area contributed by atoms with Crippen molar-refractivity contribution in [3.8, 4) is 0 Å². The maximum atomic E-state index is 10.8. The molecule has 0 saturated heterocycles. The molecule has 0 spiro atoms. The Morgan fingerprint density at radius 2 is 2.27 bits per heavy atom. The summed E-state index contributed by atoms with van der Waals surface area (Å²) in [7, 11) is 0. The third kappa shape index (κ3) is 2.94. The van der Waals surface area contributed by atoms with Crippen molar-refractivity contribution in [3.05, 3.63) is 35.0 Å². The van der Waals surface area contributed by atoms with E-state index < -0.39 is 5.97 Å². The molecule has 80 valence electrons. The largest absolute Gasteiger partial charge is 0.696 e. The lowest BCUT2D eigenvalue weighted by Crippen LogP contribution is -2.06. The van der Waals surface area contributed by atoms with Gasteiger partial charge in [-0.2, -0.15) is 4.86 Å². The molecule has 1 aromatic rings. The van der Waals surface area contributed by atoms with Crippen molar-refractivity contribution < 1.29 is 14.8 Å². The number of hydrogen-bond donors (Lipinski definition) is 2. The summed E-state index contributed by atoms with van der Waals surface area (Å²) in [6, 6.07) is 6.23. The van der Waals surface area contributed by atoms with Gasteiger partial charge in [0.15, 0.2) is 5.69 Å². The normalized spacial score (nSPS) is 11.1. The van der Waals surface area contributed by atoms with Crippen LogP contribution in [0.25, 0.3) is 0 Å². The first kappa shape index (κ1) is 11.0. The molecule has 0 aliphatic heterocycles. The van der Waals surface area contributed by atoms with Crippen molar-refractivity contribution in [2.75, 3.05) is 12.0 Å². The molecule has 0 atom stereocenters. The number of hydroxylamine groups is 1. The first-order valence-electron chi connectivity index (χ1n) is 4.38. The molecule has 2 N–H and O–H groups in total. The van der Waals surface area contributed by atoms with E-state index >= 15 is 0 Å². The number of para-hydroxylation sites is 1. The number of carboxylic acids is 1. The van der Waals surface area contributed by atoms with Gasteiger partial charge in [0, 0.05) is 0 Å². The van der Waals surface area contributed by atoms with Crippen LogP contribution >= 0.6 is 0 Å². The van der Waals surface area contributed by atoms with Crippen LogP contribution in [0, 0.1) is 5.21 Å². The first-order valence-corrected chi connectivity index (χ1v) is 4.38. The molecule has 0 fully saturated rings. The number of anilines is 1. The molecular formula is C9H11N3O3. The number of carbonyl (C=O) groups is 1. The van der Waals surface area contributed by atoms with Gasteiger partial charge in [-0.1, -0.05) is 12.1 Å². The van der Waals surface area contributed by atoms with E-state index in [4.69, 9.17) is 5.11 Å². The van der Waals surface area contributed by atoms with E-state index in [2.05, 4.69) is 10.6 Å². The monoisotopic (exact) mass is 209 g/mol. The van der Waals surface area contributed by atoms with Crippen LogP contribution in [0.15, 0.2) is 29.5 Å². The number of hydrogen-bond acceptors (Lipinski definition) is 3. The quantitative estimate of drug-likeness (QED) is 0.448. The highest BCUT2D eigenvalue weighted by Crippen LogP contribution is 2.14. The Hall–Kier alpha value is -2.11. The average Bonchev–Trinajstić information content (AvgIpc) is 2.26. The van der Waals surface area contributed by atoms with Crippen LogP contribution in [0.4, 0.5) is 5.69 Å². The molecule has 0 aromatic heterocycles. The minimum absolute atomic E-state index is 0.0748. The van der Waals surface area contributed by atoms with Gasteiger partial charge in [0.1, 0.15) is 12.1 Å². The maximum absolute atomic E-state index is 10.8. The summed E-state index contributed by atoms with van der Waals surface area (Å²) in [5, 5.41) is 23.0. The van der Waals surface area contributed by atoms with Crippen molar-refractivity contribution in [2.45, 2.75) is 6.92 Å². The predicted molar refractivity (Wildman–Crippen MR) is 53.6 cm³/mol. The van der Waals surface area contributed by atoms with Gasteiger partial charge in [-0.3, -0.25) is 0 Å². The smallest absolute Gasteiger partial charge is 0.340 e. The summed E-state index contributed by atoms with van der Waals surface area (Å²) < 4.78 is 0. The molecule has 1 aromatic carbocycles. The summed E-state index contributed by atoms with van der Waals surface area (Å²) in [5.41, 5.74) is 2.77. The number of benzene rings is 1. The standard InChI is InChI=1S/C9H11N3O3/c1-2-12(15)11-10-8-6-4-3-5-7(8)9(13)14/h3-6,10H,2H2,1H3,(H,13,14)/b12-11+. The number of rotatable bonds is 4. The molecule has 0 amide bonds. The second-order valence-electron chi connectivity index (χ2n) is 2.73. The molecule has 6 heteroatoms. The second-order valence-corrected chi connectivity index (χ2v) is 2.73. The van der Waals surface area contributed by atoms with Crippen LogP contribution < -0.4 is 5.43 Å². The Labute approximate surface area is 86.4 Å². The van der Waals surface area contributed by atoms with E-state index in [1.54, 1.807) is 19.1 Å². The fraction of sp³-hybridized carbons (Fsp3) is 0.222. The van der Waals surface area contributed by atoms with Gasteiger partial charge in [-0.05, 0) is 19.1 Å². The minimum atomic E-state index is -1.07. The lowest BCUT2D eigenvalue weighted by Gasteiger charge is -2.02. The Bertz CT molecular complexity index is 390. The zero-order chi connectivity index (χ0) is 11.3. The molecule has 15 heavy (non-hydrogen) atoms. The molecule has 0 unspecified atom stereocenters. The number of carboxylic acid groups (broad SMARTS) is 1. The van der Waals surface area contributed by atoms with Crippen molar-refractivity contribution >= 4 is 11.7 Å². The van der Waals surface area contributed by atoms with E-state index in [0.717, 1.165) is 0 Å². The topological polar surface area (TPSA) is 87.8 Å². The molecule has 6 nitrogen and oxygen atoms in total. The minimum Gasteiger partial charge on any atom is -0.696 e. The van der Waals surface area contributed by atoms with E-state index in [0.29, 0.717) is 10.5 Å². The second kappa shape index (κ2) is 4.94. The third-order valence-electron chi connectivity index (χ3n) is 1.71. The van der Waals surface area contributed by atoms with Crippen LogP contribution in [0.2, 0.25) is 0 Å². The van der Waals surface area contributed by atoms with Gasteiger partial charge in [0.2, 0.25) is 0 Å². The Balaban J connectivity index is 2.90. The Morgan fingerprint density at radius 1 is 1.60 bits per heavy atom. The van der Waals surface area contributed by atoms with Crippen LogP contribution in [-0.2, 0) is 0 Å². The summed E-state index contributed by atoms with van der Waals surface area (Å²) in [5.74, 6) is -1.07. The van der Waals surface area contributed by atoms with Crippen molar-refractivity contribution in [1.29, 1.82) is 0 Å². The Morgan fingerprint density at radius 3 is 2.87 bits per heavy atom. The zero-order valence-electron chi connectivity index (χ0n) is 8.17. The summed E-state index contributed by atoms with van der Waals surface area (Å²) >= 11 is 0. The Kier molecular flexibility index (Phi) is 3.61. The highest BCUT2D eigenvalue weighted by atomic mass is 16.5. The molecule has 0 aliphatic carbocycles.